The number of hydrogen-bond donors (Lipinski definition) is 1. The molecule has 1 aliphatic rings. The molecular formula is C17H23FN2O. The molecule has 0 saturated heterocycles. The molecule has 0 aliphatic heterocycles. The maximum atomic E-state index is 13.1. The van der Waals surface area contributed by atoms with E-state index in [0.29, 0.717) is 12.2 Å². The van der Waals surface area contributed by atoms with E-state index in [1.165, 1.54) is 12.1 Å². The summed E-state index contributed by atoms with van der Waals surface area (Å²) >= 11 is 0. The molecule has 0 aromatic heterocycles. The van der Waals surface area contributed by atoms with Crippen LogP contribution in [0.5, 0.6) is 5.75 Å². The first-order chi connectivity index (χ1) is 10.1. The highest BCUT2D eigenvalue weighted by Crippen LogP contribution is 2.32. The number of ether oxygens (including phenoxy) is 1. The molecule has 3 nitrogen and oxygen atoms in total. The van der Waals surface area contributed by atoms with Gasteiger partial charge in [0.15, 0.2) is 0 Å². The van der Waals surface area contributed by atoms with Gasteiger partial charge in [0.2, 0.25) is 0 Å². The fourth-order valence-corrected chi connectivity index (χ4v) is 2.92. The molecule has 0 amide bonds. The van der Waals surface area contributed by atoms with E-state index in [-0.39, 0.29) is 11.9 Å². The number of nitrogens with one attached hydrogen (secondary N) is 1. The van der Waals surface area contributed by atoms with Crippen molar-refractivity contribution in [3.05, 3.63) is 29.6 Å². The summed E-state index contributed by atoms with van der Waals surface area (Å²) in [6.45, 7) is 4.78. The molecule has 21 heavy (non-hydrogen) atoms. The highest BCUT2D eigenvalue weighted by atomic mass is 19.1. The fourth-order valence-electron chi connectivity index (χ4n) is 2.92. The lowest BCUT2D eigenvalue weighted by Crippen LogP contribution is -2.50. The van der Waals surface area contributed by atoms with Gasteiger partial charge >= 0.3 is 0 Å². The standard InChI is InChI=1S/C17H23FN2O/c1-3-9-20-17(12-19)8-4-5-15(11-17)21-16-7-6-14(18)10-13(16)2/h6-7,10,15,20H,3-5,8-9,11H2,1-2H3. The van der Waals surface area contributed by atoms with Crippen LogP contribution in [0.3, 0.4) is 0 Å². The Morgan fingerprint density at radius 3 is 3.00 bits per heavy atom. The lowest BCUT2D eigenvalue weighted by molar-refractivity contribution is 0.112. The predicted molar refractivity (Wildman–Crippen MR) is 80.7 cm³/mol. The first kappa shape index (κ1) is 15.8. The van der Waals surface area contributed by atoms with Gasteiger partial charge in [0.1, 0.15) is 23.2 Å². The highest BCUT2D eigenvalue weighted by molar-refractivity contribution is 5.33. The monoisotopic (exact) mass is 290 g/mol. The van der Waals surface area contributed by atoms with E-state index in [0.717, 1.165) is 37.8 Å². The molecule has 1 fully saturated rings. The van der Waals surface area contributed by atoms with Crippen molar-refractivity contribution in [2.45, 2.75) is 57.6 Å². The SMILES string of the molecule is CCCNC1(C#N)CCCC(Oc2ccc(F)cc2C)C1. The number of benzene rings is 1. The minimum atomic E-state index is -0.479. The number of nitrogens with zero attached hydrogens (tertiary/aromatic N) is 1. The molecule has 4 heteroatoms. The topological polar surface area (TPSA) is 45.0 Å². The van der Waals surface area contributed by atoms with Crippen LogP contribution in [0.25, 0.3) is 0 Å². The van der Waals surface area contributed by atoms with Gasteiger partial charge in [-0.05, 0) is 62.9 Å². The number of rotatable bonds is 5. The third-order valence-corrected chi connectivity index (χ3v) is 4.06. The van der Waals surface area contributed by atoms with Gasteiger partial charge in [-0.25, -0.2) is 4.39 Å². The van der Waals surface area contributed by atoms with E-state index < -0.39 is 5.54 Å². The van der Waals surface area contributed by atoms with Crippen LogP contribution in [-0.2, 0) is 0 Å². The van der Waals surface area contributed by atoms with Crippen LogP contribution < -0.4 is 10.1 Å². The van der Waals surface area contributed by atoms with Crippen LogP contribution in [0.15, 0.2) is 18.2 Å². The van der Waals surface area contributed by atoms with E-state index in [1.54, 1.807) is 6.07 Å². The summed E-state index contributed by atoms with van der Waals surface area (Å²) in [5.41, 5.74) is 0.317. The Hall–Kier alpha value is -1.60. The number of hydrogen-bond acceptors (Lipinski definition) is 3. The van der Waals surface area contributed by atoms with Crippen molar-refractivity contribution in [3.8, 4) is 11.8 Å². The zero-order valence-electron chi connectivity index (χ0n) is 12.8. The minimum absolute atomic E-state index is 0.00640. The van der Waals surface area contributed by atoms with Gasteiger partial charge in [-0.3, -0.25) is 5.32 Å². The zero-order chi connectivity index (χ0) is 15.3. The van der Waals surface area contributed by atoms with Gasteiger partial charge in [0, 0.05) is 6.42 Å². The molecule has 1 saturated carbocycles. The first-order valence-electron chi connectivity index (χ1n) is 7.67. The second-order valence-electron chi connectivity index (χ2n) is 5.87. The molecular weight excluding hydrogens is 267 g/mol. The number of aryl methyl sites for hydroxylation is 1. The van der Waals surface area contributed by atoms with Crippen molar-refractivity contribution in [1.82, 2.24) is 5.32 Å². The van der Waals surface area contributed by atoms with E-state index in [2.05, 4.69) is 18.3 Å². The molecule has 0 heterocycles. The average molecular weight is 290 g/mol. The van der Waals surface area contributed by atoms with Crippen molar-refractivity contribution >= 4 is 0 Å². The van der Waals surface area contributed by atoms with E-state index in [4.69, 9.17) is 4.74 Å². The van der Waals surface area contributed by atoms with Gasteiger partial charge in [0.25, 0.3) is 0 Å². The molecule has 2 rings (SSSR count). The van der Waals surface area contributed by atoms with Gasteiger partial charge in [0.05, 0.1) is 6.07 Å². The van der Waals surface area contributed by atoms with Crippen LogP contribution in [0.2, 0.25) is 0 Å². The average Bonchev–Trinajstić information content (AvgIpc) is 2.48. The Morgan fingerprint density at radius 2 is 2.33 bits per heavy atom. The third-order valence-electron chi connectivity index (χ3n) is 4.06. The lowest BCUT2D eigenvalue weighted by Gasteiger charge is -2.36. The molecule has 1 aromatic carbocycles. The van der Waals surface area contributed by atoms with Gasteiger partial charge < -0.3 is 4.74 Å². The minimum Gasteiger partial charge on any atom is -0.490 e. The number of halogens is 1. The zero-order valence-corrected chi connectivity index (χ0v) is 12.8. The second kappa shape index (κ2) is 6.91. The summed E-state index contributed by atoms with van der Waals surface area (Å²) in [5.74, 6) is 0.463. The fraction of sp³-hybridized carbons (Fsp3) is 0.588. The van der Waals surface area contributed by atoms with Crippen LogP contribution >= 0.6 is 0 Å². The maximum absolute atomic E-state index is 13.1. The third kappa shape index (κ3) is 3.95. The predicted octanol–water partition coefficient (Wildman–Crippen LogP) is 3.72. The number of nitriles is 1. The first-order valence-corrected chi connectivity index (χ1v) is 7.67. The Morgan fingerprint density at radius 1 is 1.52 bits per heavy atom. The maximum Gasteiger partial charge on any atom is 0.123 e. The Labute approximate surface area is 126 Å². The molecule has 0 bridgehead atoms. The van der Waals surface area contributed by atoms with Crippen molar-refractivity contribution in [3.63, 3.8) is 0 Å². The summed E-state index contributed by atoms with van der Waals surface area (Å²) in [7, 11) is 0. The highest BCUT2D eigenvalue weighted by Gasteiger charge is 2.37. The van der Waals surface area contributed by atoms with Crippen LogP contribution in [0.4, 0.5) is 4.39 Å². The van der Waals surface area contributed by atoms with Crippen molar-refractivity contribution in [2.75, 3.05) is 6.54 Å². The van der Waals surface area contributed by atoms with Crippen molar-refractivity contribution in [2.24, 2.45) is 0 Å². The quantitative estimate of drug-likeness (QED) is 0.899. The summed E-state index contributed by atoms with van der Waals surface area (Å²) in [5, 5.41) is 12.9. The van der Waals surface area contributed by atoms with Crippen LogP contribution in [-0.4, -0.2) is 18.2 Å². The van der Waals surface area contributed by atoms with Gasteiger partial charge in [-0.15, -0.1) is 0 Å². The molecule has 0 radical (unpaired) electrons. The van der Waals surface area contributed by atoms with Crippen LogP contribution in [0, 0.1) is 24.1 Å². The molecule has 2 atom stereocenters. The Kier molecular flexibility index (Phi) is 5.19. The molecule has 2 unspecified atom stereocenters. The smallest absolute Gasteiger partial charge is 0.123 e. The van der Waals surface area contributed by atoms with E-state index >= 15 is 0 Å². The summed E-state index contributed by atoms with van der Waals surface area (Å²) in [6, 6.07) is 7.01. The molecule has 1 aromatic rings. The lowest BCUT2D eigenvalue weighted by atomic mass is 9.81. The van der Waals surface area contributed by atoms with E-state index in [1.807, 2.05) is 6.92 Å². The Bertz CT molecular complexity index is 526. The molecule has 1 aliphatic carbocycles. The molecule has 114 valence electrons. The van der Waals surface area contributed by atoms with Crippen molar-refractivity contribution in [1.29, 1.82) is 5.26 Å². The van der Waals surface area contributed by atoms with Gasteiger partial charge in [-0.1, -0.05) is 6.92 Å². The van der Waals surface area contributed by atoms with Crippen LogP contribution in [0.1, 0.15) is 44.6 Å². The molecule has 1 N–H and O–H groups in total. The summed E-state index contributed by atoms with van der Waals surface area (Å²) < 4.78 is 19.2. The normalized spacial score (nSPS) is 25.3. The van der Waals surface area contributed by atoms with Crippen molar-refractivity contribution < 1.29 is 9.13 Å². The largest absolute Gasteiger partial charge is 0.490 e. The second-order valence-corrected chi connectivity index (χ2v) is 5.87. The van der Waals surface area contributed by atoms with E-state index in [9.17, 15) is 9.65 Å². The molecule has 0 spiro atoms. The van der Waals surface area contributed by atoms with Gasteiger partial charge in [-0.2, -0.15) is 5.26 Å². The summed E-state index contributed by atoms with van der Waals surface area (Å²) in [6.07, 6.45) is 4.47. The summed E-state index contributed by atoms with van der Waals surface area (Å²) in [4.78, 5) is 0. The Balaban J connectivity index is 2.05.